The molecule has 21 heavy (non-hydrogen) atoms. The number of carbonyl (C=O) groups excluding carboxylic acids is 1. The predicted octanol–water partition coefficient (Wildman–Crippen LogP) is 3.01. The summed E-state index contributed by atoms with van der Waals surface area (Å²) in [5, 5.41) is 4.94. The van der Waals surface area contributed by atoms with Gasteiger partial charge in [0.2, 0.25) is 5.91 Å². The van der Waals surface area contributed by atoms with Gasteiger partial charge in [-0.1, -0.05) is 12.1 Å². The molecular weight excluding hydrogens is 286 g/mol. The minimum atomic E-state index is 0.0539. The van der Waals surface area contributed by atoms with Crippen LogP contribution in [0.4, 0.5) is 0 Å². The first-order chi connectivity index (χ1) is 10.2. The van der Waals surface area contributed by atoms with E-state index in [1.807, 2.05) is 35.7 Å². The number of carbonyl (C=O) groups is 1. The van der Waals surface area contributed by atoms with Crippen molar-refractivity contribution < 1.29 is 14.3 Å². The van der Waals surface area contributed by atoms with Gasteiger partial charge in [0.1, 0.15) is 0 Å². The molecule has 2 aromatic rings. The maximum absolute atomic E-state index is 11.8. The summed E-state index contributed by atoms with van der Waals surface area (Å²) < 4.78 is 10.4. The lowest BCUT2D eigenvalue weighted by Crippen LogP contribution is -2.22. The minimum absolute atomic E-state index is 0.0539. The molecule has 1 aromatic heterocycles. The van der Waals surface area contributed by atoms with Gasteiger partial charge in [-0.3, -0.25) is 4.79 Å². The van der Waals surface area contributed by atoms with Crippen LogP contribution in [-0.2, 0) is 17.8 Å². The predicted molar refractivity (Wildman–Crippen MR) is 84.0 cm³/mol. The lowest BCUT2D eigenvalue weighted by Gasteiger charge is -2.10. The molecule has 0 unspecified atom stereocenters. The Morgan fingerprint density at radius 1 is 1.19 bits per heavy atom. The standard InChI is InChI=1S/C16H19NO3S/c1-19-14-7-5-12(10-15(14)20-2)11-17-16(18)8-6-13-4-3-9-21-13/h3-5,7,9-10H,6,8,11H2,1-2H3,(H,17,18). The molecule has 0 saturated carbocycles. The van der Waals surface area contributed by atoms with E-state index in [-0.39, 0.29) is 5.91 Å². The molecule has 2 rings (SSSR count). The highest BCUT2D eigenvalue weighted by molar-refractivity contribution is 7.09. The average molecular weight is 305 g/mol. The number of hydrogen-bond acceptors (Lipinski definition) is 4. The third-order valence-corrected chi connectivity index (χ3v) is 4.05. The molecule has 1 aromatic carbocycles. The Bertz CT molecular complexity index is 581. The van der Waals surface area contributed by atoms with Gasteiger partial charge in [-0.25, -0.2) is 0 Å². The fourth-order valence-corrected chi connectivity index (χ4v) is 2.68. The van der Waals surface area contributed by atoms with Crippen molar-refractivity contribution in [2.24, 2.45) is 0 Å². The Labute approximate surface area is 128 Å². The molecule has 1 N–H and O–H groups in total. The maximum Gasteiger partial charge on any atom is 0.220 e. The summed E-state index contributed by atoms with van der Waals surface area (Å²) in [7, 11) is 3.20. The van der Waals surface area contributed by atoms with Crippen LogP contribution in [0.3, 0.4) is 0 Å². The van der Waals surface area contributed by atoms with E-state index in [0.717, 1.165) is 12.0 Å². The second-order valence-electron chi connectivity index (χ2n) is 4.55. The summed E-state index contributed by atoms with van der Waals surface area (Å²) >= 11 is 1.68. The molecule has 0 aliphatic carbocycles. The van der Waals surface area contributed by atoms with Gasteiger partial charge in [-0.05, 0) is 35.6 Å². The van der Waals surface area contributed by atoms with Crippen molar-refractivity contribution in [1.29, 1.82) is 0 Å². The Balaban J connectivity index is 1.83. The molecule has 4 nitrogen and oxygen atoms in total. The molecule has 1 heterocycles. The Hall–Kier alpha value is -2.01. The third-order valence-electron chi connectivity index (χ3n) is 3.12. The number of benzene rings is 1. The van der Waals surface area contributed by atoms with Crippen LogP contribution in [0.2, 0.25) is 0 Å². The van der Waals surface area contributed by atoms with Crippen molar-refractivity contribution in [3.05, 3.63) is 46.2 Å². The lowest BCUT2D eigenvalue weighted by molar-refractivity contribution is -0.121. The molecule has 0 atom stereocenters. The normalized spacial score (nSPS) is 10.2. The molecule has 0 fully saturated rings. The number of hydrogen-bond donors (Lipinski definition) is 1. The van der Waals surface area contributed by atoms with Crippen molar-refractivity contribution in [3.63, 3.8) is 0 Å². The molecule has 112 valence electrons. The maximum atomic E-state index is 11.8. The molecule has 0 saturated heterocycles. The first-order valence-electron chi connectivity index (χ1n) is 6.73. The summed E-state index contributed by atoms with van der Waals surface area (Å²) in [6.07, 6.45) is 1.29. The molecule has 0 aliphatic heterocycles. The number of amides is 1. The monoisotopic (exact) mass is 305 g/mol. The van der Waals surface area contributed by atoms with E-state index in [1.165, 1.54) is 4.88 Å². The van der Waals surface area contributed by atoms with Crippen molar-refractivity contribution in [2.45, 2.75) is 19.4 Å². The highest BCUT2D eigenvalue weighted by Gasteiger charge is 2.06. The van der Waals surface area contributed by atoms with Crippen LogP contribution in [0.15, 0.2) is 35.7 Å². The van der Waals surface area contributed by atoms with E-state index in [9.17, 15) is 4.79 Å². The molecule has 0 spiro atoms. The van der Waals surface area contributed by atoms with Gasteiger partial charge in [-0.15, -0.1) is 11.3 Å². The van der Waals surface area contributed by atoms with Gasteiger partial charge in [-0.2, -0.15) is 0 Å². The van der Waals surface area contributed by atoms with E-state index >= 15 is 0 Å². The molecular formula is C16H19NO3S. The average Bonchev–Trinajstić information content (AvgIpc) is 3.04. The van der Waals surface area contributed by atoms with E-state index in [2.05, 4.69) is 5.32 Å². The minimum Gasteiger partial charge on any atom is -0.493 e. The second-order valence-corrected chi connectivity index (χ2v) is 5.58. The van der Waals surface area contributed by atoms with Gasteiger partial charge in [0.05, 0.1) is 14.2 Å². The van der Waals surface area contributed by atoms with Crippen LogP contribution in [-0.4, -0.2) is 20.1 Å². The fourth-order valence-electron chi connectivity index (χ4n) is 1.97. The largest absolute Gasteiger partial charge is 0.493 e. The number of ether oxygens (including phenoxy) is 2. The fraction of sp³-hybridized carbons (Fsp3) is 0.312. The molecule has 0 aliphatic rings. The second kappa shape index (κ2) is 7.69. The van der Waals surface area contributed by atoms with Crippen LogP contribution in [0.25, 0.3) is 0 Å². The zero-order valence-corrected chi connectivity index (χ0v) is 13.0. The quantitative estimate of drug-likeness (QED) is 0.855. The zero-order chi connectivity index (χ0) is 15.1. The van der Waals surface area contributed by atoms with E-state index in [0.29, 0.717) is 24.5 Å². The Kier molecular flexibility index (Phi) is 5.63. The van der Waals surface area contributed by atoms with E-state index in [4.69, 9.17) is 9.47 Å². The van der Waals surface area contributed by atoms with Crippen molar-refractivity contribution >= 4 is 17.2 Å². The molecule has 1 amide bonds. The number of methoxy groups -OCH3 is 2. The van der Waals surface area contributed by atoms with Gasteiger partial charge >= 0.3 is 0 Å². The van der Waals surface area contributed by atoms with Crippen molar-refractivity contribution in [1.82, 2.24) is 5.32 Å². The Morgan fingerprint density at radius 2 is 2.00 bits per heavy atom. The van der Waals surface area contributed by atoms with Crippen molar-refractivity contribution in [3.8, 4) is 11.5 Å². The van der Waals surface area contributed by atoms with E-state index in [1.54, 1.807) is 25.6 Å². The number of thiophene rings is 1. The first-order valence-corrected chi connectivity index (χ1v) is 7.61. The van der Waals surface area contributed by atoms with Gasteiger partial charge in [0.15, 0.2) is 11.5 Å². The molecule has 5 heteroatoms. The summed E-state index contributed by atoms with van der Waals surface area (Å²) in [6.45, 7) is 0.490. The number of rotatable bonds is 7. The topological polar surface area (TPSA) is 47.6 Å². The van der Waals surface area contributed by atoms with Crippen LogP contribution in [0.1, 0.15) is 16.9 Å². The van der Waals surface area contributed by atoms with Crippen LogP contribution < -0.4 is 14.8 Å². The van der Waals surface area contributed by atoms with Crippen LogP contribution in [0.5, 0.6) is 11.5 Å². The zero-order valence-electron chi connectivity index (χ0n) is 12.2. The summed E-state index contributed by atoms with van der Waals surface area (Å²) in [4.78, 5) is 13.1. The Morgan fingerprint density at radius 3 is 2.67 bits per heavy atom. The van der Waals surface area contributed by atoms with Gasteiger partial charge in [0.25, 0.3) is 0 Å². The highest BCUT2D eigenvalue weighted by Crippen LogP contribution is 2.27. The molecule has 0 bridgehead atoms. The number of nitrogens with one attached hydrogen (secondary N) is 1. The summed E-state index contributed by atoms with van der Waals surface area (Å²) in [5.74, 6) is 1.41. The SMILES string of the molecule is COc1ccc(CNC(=O)CCc2cccs2)cc1OC. The number of aryl methyl sites for hydroxylation is 1. The van der Waals surface area contributed by atoms with Crippen molar-refractivity contribution in [2.75, 3.05) is 14.2 Å². The molecule has 0 radical (unpaired) electrons. The highest BCUT2D eigenvalue weighted by atomic mass is 32.1. The van der Waals surface area contributed by atoms with Gasteiger partial charge < -0.3 is 14.8 Å². The summed E-state index contributed by atoms with van der Waals surface area (Å²) in [6, 6.07) is 9.68. The first kappa shape index (κ1) is 15.4. The summed E-state index contributed by atoms with van der Waals surface area (Å²) in [5.41, 5.74) is 0.983. The van der Waals surface area contributed by atoms with E-state index < -0.39 is 0 Å². The van der Waals surface area contributed by atoms with Gasteiger partial charge in [0, 0.05) is 17.8 Å². The smallest absolute Gasteiger partial charge is 0.220 e. The van der Waals surface area contributed by atoms with Crippen LogP contribution in [0, 0.1) is 0 Å². The third kappa shape index (κ3) is 4.49. The van der Waals surface area contributed by atoms with Crippen LogP contribution >= 0.6 is 11.3 Å². The lowest BCUT2D eigenvalue weighted by atomic mass is 10.2.